The first-order valence-electron chi connectivity index (χ1n) is 11.9. The molecule has 0 atom stereocenters. The summed E-state index contributed by atoms with van der Waals surface area (Å²) in [5.74, 6) is 2.53. The number of rotatable bonds is 8. The lowest BCUT2D eigenvalue weighted by Gasteiger charge is -2.23. The maximum absolute atomic E-state index is 13.5. The van der Waals surface area contributed by atoms with Gasteiger partial charge in [-0.1, -0.05) is 30.3 Å². The van der Waals surface area contributed by atoms with Crippen LogP contribution in [0.15, 0.2) is 71.1 Å². The minimum absolute atomic E-state index is 0.0612. The Morgan fingerprint density at radius 3 is 2.31 bits per heavy atom. The number of nitrogens with zero attached hydrogens (tertiary/aromatic N) is 3. The normalized spacial score (nSPS) is 13.0. The molecule has 0 bridgehead atoms. The number of aromatic nitrogens is 2. The average molecular weight is 468 g/mol. The van der Waals surface area contributed by atoms with Gasteiger partial charge in [0.1, 0.15) is 5.75 Å². The summed E-state index contributed by atoms with van der Waals surface area (Å²) >= 11 is 0. The van der Waals surface area contributed by atoms with E-state index in [9.17, 15) is 4.79 Å². The summed E-state index contributed by atoms with van der Waals surface area (Å²) in [6.07, 6.45) is 2.39. The highest BCUT2D eigenvalue weighted by molar-refractivity contribution is 5.95. The molecular weight excluding hydrogens is 438 g/mol. The molecule has 1 aliphatic carbocycles. The molecule has 6 nitrogen and oxygen atoms in total. The molecule has 1 aliphatic rings. The maximum atomic E-state index is 13.5. The van der Waals surface area contributed by atoms with Crippen LogP contribution in [-0.2, 0) is 6.54 Å². The second-order valence-corrected chi connectivity index (χ2v) is 9.21. The highest BCUT2D eigenvalue weighted by Crippen LogP contribution is 2.32. The number of hydrogen-bond donors (Lipinski definition) is 0. The van der Waals surface area contributed by atoms with Crippen molar-refractivity contribution in [1.82, 2.24) is 15.1 Å². The monoisotopic (exact) mass is 467 g/mol. The van der Waals surface area contributed by atoms with Crippen LogP contribution in [0, 0.1) is 19.8 Å². The number of amides is 1. The largest absolute Gasteiger partial charge is 0.497 e. The van der Waals surface area contributed by atoms with Crippen LogP contribution in [0.4, 0.5) is 0 Å². The van der Waals surface area contributed by atoms with Crippen LogP contribution in [0.1, 0.15) is 40.2 Å². The van der Waals surface area contributed by atoms with Crippen molar-refractivity contribution in [3.63, 3.8) is 0 Å². The van der Waals surface area contributed by atoms with Gasteiger partial charge in [0.25, 0.3) is 5.91 Å². The minimum atomic E-state index is 0.0612. The Bertz CT molecular complexity index is 1320. The fourth-order valence-electron chi connectivity index (χ4n) is 4.24. The first-order valence-corrected chi connectivity index (χ1v) is 11.9. The molecule has 1 fully saturated rings. The van der Waals surface area contributed by atoms with E-state index >= 15 is 0 Å². The van der Waals surface area contributed by atoms with E-state index in [0.29, 0.717) is 29.8 Å². The molecular formula is C29H29N3O3. The van der Waals surface area contributed by atoms with Crippen LogP contribution in [0.3, 0.4) is 0 Å². The van der Waals surface area contributed by atoms with Gasteiger partial charge in [-0.15, -0.1) is 10.2 Å². The number of ether oxygens (including phenoxy) is 1. The van der Waals surface area contributed by atoms with Gasteiger partial charge < -0.3 is 14.1 Å². The van der Waals surface area contributed by atoms with Crippen molar-refractivity contribution >= 4 is 5.91 Å². The molecule has 4 aromatic rings. The van der Waals surface area contributed by atoms with Gasteiger partial charge in [-0.2, -0.15) is 0 Å². The molecule has 0 N–H and O–H groups in total. The standard InChI is InChI=1S/C29H29N3O3/c1-19-4-9-25(28-31-30-20(2)35-28)16-27(19)23-10-12-24(13-11-23)29(33)32(17-21-5-6-21)18-22-7-14-26(34-3)15-8-22/h4,7-16,21H,5-6,17-18H2,1-3H3. The van der Waals surface area contributed by atoms with Crippen molar-refractivity contribution in [2.24, 2.45) is 5.92 Å². The van der Waals surface area contributed by atoms with E-state index in [1.165, 1.54) is 12.8 Å². The van der Waals surface area contributed by atoms with E-state index in [2.05, 4.69) is 29.3 Å². The summed E-state index contributed by atoms with van der Waals surface area (Å²) in [5.41, 5.74) is 5.93. The Hall–Kier alpha value is -3.93. The predicted molar refractivity (Wildman–Crippen MR) is 135 cm³/mol. The molecule has 0 unspecified atom stereocenters. The average Bonchev–Trinajstić information content (AvgIpc) is 3.60. The topological polar surface area (TPSA) is 68.5 Å². The molecule has 0 radical (unpaired) electrons. The van der Waals surface area contributed by atoms with Crippen LogP contribution in [0.2, 0.25) is 0 Å². The van der Waals surface area contributed by atoms with Gasteiger partial charge in [-0.05, 0) is 84.3 Å². The highest BCUT2D eigenvalue weighted by atomic mass is 16.5. The van der Waals surface area contributed by atoms with Gasteiger partial charge in [0.15, 0.2) is 0 Å². The molecule has 0 aliphatic heterocycles. The first-order chi connectivity index (χ1) is 17.0. The third-order valence-electron chi connectivity index (χ3n) is 6.45. The molecule has 35 heavy (non-hydrogen) atoms. The number of benzene rings is 3. The zero-order chi connectivity index (χ0) is 24.4. The summed E-state index contributed by atoms with van der Waals surface area (Å²) in [7, 11) is 1.66. The van der Waals surface area contributed by atoms with Gasteiger partial charge in [-0.3, -0.25) is 4.79 Å². The van der Waals surface area contributed by atoms with Gasteiger partial charge in [0, 0.05) is 31.1 Å². The van der Waals surface area contributed by atoms with E-state index < -0.39 is 0 Å². The van der Waals surface area contributed by atoms with Crippen LogP contribution in [0.5, 0.6) is 5.75 Å². The number of methoxy groups -OCH3 is 1. The lowest BCUT2D eigenvalue weighted by molar-refractivity contribution is 0.0735. The fourth-order valence-corrected chi connectivity index (χ4v) is 4.24. The van der Waals surface area contributed by atoms with Gasteiger partial charge in [0.05, 0.1) is 7.11 Å². The molecule has 1 aromatic heterocycles. The Morgan fingerprint density at radius 1 is 0.971 bits per heavy atom. The zero-order valence-electron chi connectivity index (χ0n) is 20.3. The highest BCUT2D eigenvalue weighted by Gasteiger charge is 2.27. The third-order valence-corrected chi connectivity index (χ3v) is 6.45. The minimum Gasteiger partial charge on any atom is -0.497 e. The van der Waals surface area contributed by atoms with E-state index in [1.54, 1.807) is 14.0 Å². The molecule has 1 saturated carbocycles. The van der Waals surface area contributed by atoms with Crippen molar-refractivity contribution in [3.8, 4) is 28.3 Å². The predicted octanol–water partition coefficient (Wildman–Crippen LogP) is 6.08. The van der Waals surface area contributed by atoms with Crippen molar-refractivity contribution in [2.75, 3.05) is 13.7 Å². The molecule has 178 valence electrons. The number of hydrogen-bond acceptors (Lipinski definition) is 5. The van der Waals surface area contributed by atoms with E-state index in [-0.39, 0.29) is 5.91 Å². The molecule has 0 spiro atoms. The van der Waals surface area contributed by atoms with E-state index in [4.69, 9.17) is 9.15 Å². The van der Waals surface area contributed by atoms with E-state index in [1.807, 2.05) is 59.5 Å². The molecule has 1 amide bonds. The first kappa shape index (κ1) is 22.8. The van der Waals surface area contributed by atoms with Gasteiger partial charge in [-0.25, -0.2) is 0 Å². The maximum Gasteiger partial charge on any atom is 0.254 e. The quantitative estimate of drug-likeness (QED) is 0.314. The number of carbonyl (C=O) groups excluding carboxylic acids is 1. The fraction of sp³-hybridized carbons (Fsp3) is 0.276. The number of carbonyl (C=O) groups is 1. The van der Waals surface area contributed by atoms with Crippen LogP contribution in [-0.4, -0.2) is 34.7 Å². The Balaban J connectivity index is 1.37. The summed E-state index contributed by atoms with van der Waals surface area (Å²) < 4.78 is 10.9. The smallest absolute Gasteiger partial charge is 0.254 e. The lowest BCUT2D eigenvalue weighted by atomic mass is 9.97. The summed E-state index contributed by atoms with van der Waals surface area (Å²) in [6, 6.07) is 21.9. The Labute approximate surface area is 205 Å². The van der Waals surface area contributed by atoms with Crippen molar-refractivity contribution < 1.29 is 13.9 Å². The second kappa shape index (κ2) is 9.74. The Morgan fingerprint density at radius 2 is 1.69 bits per heavy atom. The summed E-state index contributed by atoms with van der Waals surface area (Å²) in [6.45, 7) is 5.23. The van der Waals surface area contributed by atoms with Crippen molar-refractivity contribution in [2.45, 2.75) is 33.2 Å². The second-order valence-electron chi connectivity index (χ2n) is 9.21. The van der Waals surface area contributed by atoms with E-state index in [0.717, 1.165) is 40.1 Å². The summed E-state index contributed by atoms with van der Waals surface area (Å²) in [4.78, 5) is 15.4. The van der Waals surface area contributed by atoms with Crippen LogP contribution in [0.25, 0.3) is 22.6 Å². The molecule has 3 aromatic carbocycles. The van der Waals surface area contributed by atoms with Crippen molar-refractivity contribution in [1.29, 1.82) is 0 Å². The van der Waals surface area contributed by atoms with Crippen molar-refractivity contribution in [3.05, 3.63) is 89.3 Å². The number of aryl methyl sites for hydroxylation is 2. The van der Waals surface area contributed by atoms with Crippen LogP contribution >= 0.6 is 0 Å². The molecule has 0 saturated heterocycles. The SMILES string of the molecule is COc1ccc(CN(CC2CC2)C(=O)c2ccc(-c3cc(-c4nnc(C)o4)ccc3C)cc2)cc1. The summed E-state index contributed by atoms with van der Waals surface area (Å²) in [5, 5.41) is 8.07. The molecule has 1 heterocycles. The molecule has 5 rings (SSSR count). The van der Waals surface area contributed by atoms with Gasteiger partial charge in [0.2, 0.25) is 11.8 Å². The van der Waals surface area contributed by atoms with Gasteiger partial charge >= 0.3 is 0 Å². The third kappa shape index (κ3) is 5.27. The van der Waals surface area contributed by atoms with Crippen LogP contribution < -0.4 is 4.74 Å². The zero-order valence-corrected chi connectivity index (χ0v) is 20.3. The Kier molecular flexibility index (Phi) is 6.36. The lowest BCUT2D eigenvalue weighted by Crippen LogP contribution is -2.32. The molecule has 6 heteroatoms.